The van der Waals surface area contributed by atoms with Crippen molar-refractivity contribution < 1.29 is 0 Å². The first-order valence-electron chi connectivity index (χ1n) is 5.34. The monoisotopic (exact) mass is 196 g/mol. The molecule has 0 aromatic carbocycles. The summed E-state index contributed by atoms with van der Waals surface area (Å²) in [6, 6.07) is 0. The Morgan fingerprint density at radius 3 is 2.14 bits per heavy atom. The molecule has 0 amide bonds. The predicted octanol–water partition coefficient (Wildman–Crippen LogP) is 2.35. The lowest BCUT2D eigenvalue weighted by molar-refractivity contribution is 0.304. The van der Waals surface area contributed by atoms with Crippen molar-refractivity contribution in [2.45, 2.75) is 20.8 Å². The maximum absolute atomic E-state index is 2.39. The van der Waals surface area contributed by atoms with E-state index in [0.717, 1.165) is 19.6 Å². The maximum Gasteiger partial charge on any atom is 0.0319 e. The van der Waals surface area contributed by atoms with Crippen molar-refractivity contribution in [2.24, 2.45) is 0 Å². The van der Waals surface area contributed by atoms with Gasteiger partial charge in [0.1, 0.15) is 0 Å². The van der Waals surface area contributed by atoms with Crippen LogP contribution < -0.4 is 0 Å². The zero-order valence-electron chi connectivity index (χ0n) is 10.2. The van der Waals surface area contributed by atoms with Crippen molar-refractivity contribution in [1.29, 1.82) is 0 Å². The summed E-state index contributed by atoms with van der Waals surface area (Å²) in [6.07, 6.45) is 6.42. The third-order valence-electron chi connectivity index (χ3n) is 2.20. The molecule has 0 fully saturated rings. The summed E-state index contributed by atoms with van der Waals surface area (Å²) in [4.78, 5) is 4.60. The summed E-state index contributed by atoms with van der Waals surface area (Å²) < 4.78 is 0. The summed E-state index contributed by atoms with van der Waals surface area (Å²) in [5.41, 5.74) is 1.32. The van der Waals surface area contributed by atoms with Gasteiger partial charge in [0.05, 0.1) is 0 Å². The summed E-state index contributed by atoms with van der Waals surface area (Å²) in [7, 11) is 4.22. The summed E-state index contributed by atoms with van der Waals surface area (Å²) in [6.45, 7) is 9.60. The van der Waals surface area contributed by atoms with Gasteiger partial charge in [0.25, 0.3) is 0 Å². The normalized spacial score (nSPS) is 12.9. The zero-order chi connectivity index (χ0) is 11.0. The Hall–Kier alpha value is -0.760. The second kappa shape index (κ2) is 7.63. The smallest absolute Gasteiger partial charge is 0.0319 e. The van der Waals surface area contributed by atoms with Crippen LogP contribution in [-0.2, 0) is 0 Å². The highest BCUT2D eigenvalue weighted by atomic mass is 15.2. The van der Waals surface area contributed by atoms with Gasteiger partial charge in [-0.15, -0.1) is 0 Å². The Labute approximate surface area is 88.9 Å². The van der Waals surface area contributed by atoms with E-state index in [2.05, 4.69) is 62.9 Å². The fraction of sp³-hybridized carbons (Fsp3) is 0.667. The standard InChI is InChI=1S/C12H24N2/c1-6-9-12(7-2)14(8-3)11-10-13(4)5/h6-7,9H,8,10-11H2,1-5H3/b9-6?,12-7+. The summed E-state index contributed by atoms with van der Waals surface area (Å²) >= 11 is 0. The van der Waals surface area contributed by atoms with Gasteiger partial charge < -0.3 is 9.80 Å². The molecular formula is C12H24N2. The molecule has 0 bridgehead atoms. The Morgan fingerprint density at radius 2 is 1.79 bits per heavy atom. The highest BCUT2D eigenvalue weighted by Crippen LogP contribution is 2.05. The molecule has 0 spiro atoms. The van der Waals surface area contributed by atoms with Gasteiger partial charge in [-0.05, 0) is 40.9 Å². The molecule has 0 unspecified atom stereocenters. The van der Waals surface area contributed by atoms with E-state index in [4.69, 9.17) is 0 Å². The van der Waals surface area contributed by atoms with E-state index in [1.54, 1.807) is 0 Å². The molecule has 14 heavy (non-hydrogen) atoms. The molecule has 0 heterocycles. The number of hydrogen-bond donors (Lipinski definition) is 0. The molecule has 0 saturated carbocycles. The Morgan fingerprint density at radius 1 is 1.14 bits per heavy atom. The van der Waals surface area contributed by atoms with Crippen LogP contribution in [0.5, 0.6) is 0 Å². The van der Waals surface area contributed by atoms with E-state index in [1.807, 2.05) is 0 Å². The van der Waals surface area contributed by atoms with E-state index in [0.29, 0.717) is 0 Å². The number of likely N-dealkylation sites (N-methyl/N-ethyl adjacent to an activating group) is 2. The molecule has 0 aliphatic heterocycles. The van der Waals surface area contributed by atoms with E-state index < -0.39 is 0 Å². The first-order valence-corrected chi connectivity index (χ1v) is 5.34. The van der Waals surface area contributed by atoms with Gasteiger partial charge in [-0.25, -0.2) is 0 Å². The molecule has 0 aromatic rings. The highest BCUT2D eigenvalue weighted by Gasteiger charge is 2.03. The minimum Gasteiger partial charge on any atom is -0.371 e. The van der Waals surface area contributed by atoms with Gasteiger partial charge in [-0.2, -0.15) is 0 Å². The lowest BCUT2D eigenvalue weighted by atomic mass is 10.3. The van der Waals surface area contributed by atoms with Gasteiger partial charge in [-0.3, -0.25) is 0 Å². The minimum atomic E-state index is 1.07. The molecule has 0 aliphatic carbocycles. The molecular weight excluding hydrogens is 172 g/mol. The Kier molecular flexibility index (Phi) is 7.21. The van der Waals surface area contributed by atoms with E-state index in [9.17, 15) is 0 Å². The number of allylic oxidation sites excluding steroid dienone is 3. The number of nitrogens with zero attached hydrogens (tertiary/aromatic N) is 2. The van der Waals surface area contributed by atoms with Gasteiger partial charge in [0.2, 0.25) is 0 Å². The van der Waals surface area contributed by atoms with Crippen molar-refractivity contribution in [1.82, 2.24) is 9.80 Å². The molecule has 0 aliphatic rings. The summed E-state index contributed by atoms with van der Waals surface area (Å²) in [5.74, 6) is 0. The van der Waals surface area contributed by atoms with Crippen LogP contribution >= 0.6 is 0 Å². The third-order valence-corrected chi connectivity index (χ3v) is 2.20. The maximum atomic E-state index is 2.39. The average Bonchev–Trinajstić information content (AvgIpc) is 2.16. The number of hydrogen-bond acceptors (Lipinski definition) is 2. The van der Waals surface area contributed by atoms with Crippen molar-refractivity contribution in [2.75, 3.05) is 33.7 Å². The highest BCUT2D eigenvalue weighted by molar-refractivity contribution is 5.16. The molecule has 82 valence electrons. The van der Waals surface area contributed by atoms with Gasteiger partial charge >= 0.3 is 0 Å². The van der Waals surface area contributed by atoms with Crippen LogP contribution in [0.1, 0.15) is 20.8 Å². The fourth-order valence-corrected chi connectivity index (χ4v) is 1.35. The van der Waals surface area contributed by atoms with Crippen LogP contribution in [0.25, 0.3) is 0 Å². The van der Waals surface area contributed by atoms with Crippen molar-refractivity contribution in [3.05, 3.63) is 23.9 Å². The molecule has 0 N–H and O–H groups in total. The topological polar surface area (TPSA) is 6.48 Å². The molecule has 2 heteroatoms. The molecule has 0 radical (unpaired) electrons. The largest absolute Gasteiger partial charge is 0.371 e. The van der Waals surface area contributed by atoms with E-state index >= 15 is 0 Å². The molecule has 0 aromatic heterocycles. The third kappa shape index (κ3) is 5.07. The summed E-state index contributed by atoms with van der Waals surface area (Å²) in [5, 5.41) is 0. The minimum absolute atomic E-state index is 1.07. The van der Waals surface area contributed by atoms with Crippen LogP contribution in [0.4, 0.5) is 0 Å². The van der Waals surface area contributed by atoms with Crippen LogP contribution in [0.2, 0.25) is 0 Å². The first kappa shape index (κ1) is 13.2. The van der Waals surface area contributed by atoms with Crippen LogP contribution in [-0.4, -0.2) is 43.5 Å². The van der Waals surface area contributed by atoms with Crippen molar-refractivity contribution >= 4 is 0 Å². The quantitative estimate of drug-likeness (QED) is 0.602. The molecule has 0 saturated heterocycles. The predicted molar refractivity (Wildman–Crippen MR) is 64.4 cm³/mol. The average molecular weight is 196 g/mol. The van der Waals surface area contributed by atoms with Crippen LogP contribution in [0.3, 0.4) is 0 Å². The van der Waals surface area contributed by atoms with Crippen LogP contribution in [0.15, 0.2) is 23.9 Å². The zero-order valence-corrected chi connectivity index (χ0v) is 10.2. The lowest BCUT2D eigenvalue weighted by Gasteiger charge is -2.25. The van der Waals surface area contributed by atoms with Gasteiger partial charge in [0, 0.05) is 25.3 Å². The second-order valence-corrected chi connectivity index (χ2v) is 3.60. The number of rotatable bonds is 6. The molecule has 0 atom stereocenters. The van der Waals surface area contributed by atoms with E-state index in [-0.39, 0.29) is 0 Å². The van der Waals surface area contributed by atoms with Crippen molar-refractivity contribution in [3.8, 4) is 0 Å². The van der Waals surface area contributed by atoms with Gasteiger partial charge in [0.15, 0.2) is 0 Å². The molecule has 2 nitrogen and oxygen atoms in total. The van der Waals surface area contributed by atoms with E-state index in [1.165, 1.54) is 5.70 Å². The lowest BCUT2D eigenvalue weighted by Crippen LogP contribution is -2.30. The second-order valence-electron chi connectivity index (χ2n) is 3.60. The van der Waals surface area contributed by atoms with Crippen molar-refractivity contribution in [3.63, 3.8) is 0 Å². The SMILES string of the molecule is CC=C/C(=C\C)N(CC)CCN(C)C. The Bertz CT molecular complexity index is 192. The Balaban J connectivity index is 4.23. The van der Waals surface area contributed by atoms with Crippen LogP contribution in [0, 0.1) is 0 Å². The van der Waals surface area contributed by atoms with Gasteiger partial charge in [-0.1, -0.05) is 12.2 Å². The fourth-order valence-electron chi connectivity index (χ4n) is 1.35. The molecule has 0 rings (SSSR count). The first-order chi connectivity index (χ1) is 6.65.